The zero-order valence-corrected chi connectivity index (χ0v) is 6.17. The number of aliphatic hydroxyl groups is 1. The Morgan fingerprint density at radius 2 is 2.33 bits per heavy atom. The van der Waals surface area contributed by atoms with Crippen LogP contribution in [0, 0.1) is 10.1 Å². The first kappa shape index (κ1) is 8.40. The van der Waals surface area contributed by atoms with Gasteiger partial charge in [-0.15, -0.1) is 4.68 Å². The van der Waals surface area contributed by atoms with Gasteiger partial charge < -0.3 is 15.2 Å². The molecule has 0 radical (unpaired) electrons. The molecule has 0 aliphatic heterocycles. The van der Waals surface area contributed by atoms with Gasteiger partial charge in [-0.3, -0.25) is 0 Å². The maximum atomic E-state index is 10.9. The van der Waals surface area contributed by atoms with Crippen molar-refractivity contribution < 1.29 is 10.0 Å². The number of aliphatic hydroxyl groups excluding tert-OH is 1. The predicted molar refractivity (Wildman–Crippen MR) is 36.3 cm³/mol. The van der Waals surface area contributed by atoms with E-state index in [0.717, 1.165) is 4.57 Å². The number of hydrogen-bond acceptors (Lipinski definition) is 5. The van der Waals surface area contributed by atoms with E-state index in [1.54, 1.807) is 0 Å². The van der Waals surface area contributed by atoms with Crippen molar-refractivity contribution in [3.8, 4) is 0 Å². The standard InChI is InChI=1S/C4H6N4O4/c1-6-3(8(11)12)5-7(2-9)4(6)10/h9H,2H2,1H3. The molecule has 0 aliphatic rings. The van der Waals surface area contributed by atoms with E-state index in [0.29, 0.717) is 4.68 Å². The molecular weight excluding hydrogens is 168 g/mol. The molecule has 66 valence electrons. The highest BCUT2D eigenvalue weighted by atomic mass is 16.6. The monoisotopic (exact) mass is 174 g/mol. The van der Waals surface area contributed by atoms with Crippen molar-refractivity contribution >= 4 is 5.95 Å². The zero-order chi connectivity index (χ0) is 9.30. The average molecular weight is 174 g/mol. The molecule has 0 aliphatic carbocycles. The second kappa shape index (κ2) is 2.74. The maximum Gasteiger partial charge on any atom is 0.459 e. The fourth-order valence-electron chi connectivity index (χ4n) is 0.728. The number of nitro groups is 1. The van der Waals surface area contributed by atoms with E-state index in [1.807, 2.05) is 0 Å². The number of nitrogens with zero attached hydrogens (tertiary/aromatic N) is 4. The van der Waals surface area contributed by atoms with E-state index in [-0.39, 0.29) is 0 Å². The number of hydrogen-bond donors (Lipinski definition) is 1. The Morgan fingerprint density at radius 1 is 1.75 bits per heavy atom. The van der Waals surface area contributed by atoms with Crippen LogP contribution < -0.4 is 5.69 Å². The third-order valence-electron chi connectivity index (χ3n) is 1.32. The molecule has 0 spiro atoms. The van der Waals surface area contributed by atoms with Gasteiger partial charge in [0.25, 0.3) is 0 Å². The summed E-state index contributed by atoms with van der Waals surface area (Å²) < 4.78 is 1.34. The van der Waals surface area contributed by atoms with Crippen molar-refractivity contribution in [2.24, 2.45) is 7.05 Å². The van der Waals surface area contributed by atoms with E-state index < -0.39 is 23.3 Å². The van der Waals surface area contributed by atoms with Gasteiger partial charge in [-0.1, -0.05) is 0 Å². The first-order chi connectivity index (χ1) is 5.57. The lowest BCUT2D eigenvalue weighted by Gasteiger charge is -1.88. The van der Waals surface area contributed by atoms with Gasteiger partial charge in [0.2, 0.25) is 0 Å². The Hall–Kier alpha value is -1.70. The first-order valence-electron chi connectivity index (χ1n) is 2.97. The van der Waals surface area contributed by atoms with E-state index in [1.165, 1.54) is 7.05 Å². The molecule has 1 rings (SSSR count). The van der Waals surface area contributed by atoms with Crippen molar-refractivity contribution in [1.82, 2.24) is 14.3 Å². The van der Waals surface area contributed by atoms with Crippen LogP contribution in [0.4, 0.5) is 5.95 Å². The summed E-state index contributed by atoms with van der Waals surface area (Å²) in [5, 5.41) is 21.9. The van der Waals surface area contributed by atoms with Crippen LogP contribution in [0.1, 0.15) is 0 Å². The molecule has 1 heterocycles. The summed E-state index contributed by atoms with van der Waals surface area (Å²) >= 11 is 0. The third kappa shape index (κ3) is 1.07. The highest BCUT2D eigenvalue weighted by Crippen LogP contribution is 1.99. The minimum Gasteiger partial charge on any atom is -0.390 e. The number of aromatic nitrogens is 3. The minimum absolute atomic E-state index is 0.589. The molecule has 0 saturated carbocycles. The molecule has 0 amide bonds. The third-order valence-corrected chi connectivity index (χ3v) is 1.32. The Balaban J connectivity index is 3.35. The second-order valence-corrected chi connectivity index (χ2v) is 2.04. The van der Waals surface area contributed by atoms with E-state index in [9.17, 15) is 14.9 Å². The summed E-state index contributed by atoms with van der Waals surface area (Å²) in [5.74, 6) is -0.589. The van der Waals surface area contributed by atoms with Crippen LogP contribution in [-0.2, 0) is 13.8 Å². The van der Waals surface area contributed by atoms with Crippen LogP contribution in [0.5, 0.6) is 0 Å². The smallest absolute Gasteiger partial charge is 0.390 e. The van der Waals surface area contributed by atoms with Crippen molar-refractivity contribution in [3.05, 3.63) is 20.6 Å². The molecule has 1 aromatic heterocycles. The van der Waals surface area contributed by atoms with Gasteiger partial charge in [-0.05, 0) is 4.92 Å². The minimum atomic E-state index is -0.798. The van der Waals surface area contributed by atoms with Gasteiger partial charge in [0.1, 0.15) is 0 Å². The van der Waals surface area contributed by atoms with E-state index >= 15 is 0 Å². The van der Waals surface area contributed by atoms with Gasteiger partial charge >= 0.3 is 11.6 Å². The lowest BCUT2D eigenvalue weighted by Crippen LogP contribution is -2.23. The van der Waals surface area contributed by atoms with Crippen molar-refractivity contribution in [3.63, 3.8) is 0 Å². The molecule has 0 fully saturated rings. The van der Waals surface area contributed by atoms with E-state index in [2.05, 4.69) is 5.10 Å². The Bertz CT molecular complexity index is 364. The molecule has 0 saturated heterocycles. The normalized spacial score (nSPS) is 10.2. The Kier molecular flexibility index (Phi) is 1.92. The Labute approximate surface area is 65.8 Å². The molecule has 8 nitrogen and oxygen atoms in total. The topological polar surface area (TPSA) is 103 Å². The molecule has 1 aromatic rings. The van der Waals surface area contributed by atoms with Gasteiger partial charge in [0, 0.05) is 5.10 Å². The molecule has 0 unspecified atom stereocenters. The molecule has 0 aromatic carbocycles. The highest BCUT2D eigenvalue weighted by molar-refractivity contribution is 5.01. The summed E-state index contributed by atoms with van der Waals surface area (Å²) in [6.07, 6.45) is 0. The lowest BCUT2D eigenvalue weighted by atomic mass is 10.9. The maximum absolute atomic E-state index is 10.9. The molecule has 8 heteroatoms. The van der Waals surface area contributed by atoms with Crippen LogP contribution >= 0.6 is 0 Å². The fourth-order valence-corrected chi connectivity index (χ4v) is 0.728. The van der Waals surface area contributed by atoms with Gasteiger partial charge in [-0.25, -0.2) is 4.79 Å². The fraction of sp³-hybridized carbons (Fsp3) is 0.500. The van der Waals surface area contributed by atoms with Crippen LogP contribution in [0.25, 0.3) is 0 Å². The van der Waals surface area contributed by atoms with Crippen molar-refractivity contribution in [2.75, 3.05) is 0 Å². The van der Waals surface area contributed by atoms with Crippen LogP contribution in [0.3, 0.4) is 0 Å². The number of rotatable bonds is 2. The summed E-state index contributed by atoms with van der Waals surface area (Å²) in [6, 6.07) is 0. The predicted octanol–water partition coefficient (Wildman–Crippen LogP) is -1.56. The summed E-state index contributed by atoms with van der Waals surface area (Å²) in [7, 11) is 1.21. The van der Waals surface area contributed by atoms with E-state index in [4.69, 9.17) is 5.11 Å². The zero-order valence-electron chi connectivity index (χ0n) is 6.17. The summed E-state index contributed by atoms with van der Waals surface area (Å²) in [4.78, 5) is 20.3. The first-order valence-corrected chi connectivity index (χ1v) is 2.97. The van der Waals surface area contributed by atoms with Gasteiger partial charge in [-0.2, -0.15) is 4.57 Å². The van der Waals surface area contributed by atoms with Crippen LogP contribution in [0.15, 0.2) is 4.79 Å². The average Bonchev–Trinajstić information content (AvgIpc) is 2.30. The molecule has 0 bridgehead atoms. The van der Waals surface area contributed by atoms with Gasteiger partial charge in [0.05, 0.1) is 7.05 Å². The lowest BCUT2D eigenvalue weighted by molar-refractivity contribution is -0.397. The summed E-state index contributed by atoms with van der Waals surface area (Å²) in [6.45, 7) is -0.666. The van der Waals surface area contributed by atoms with Gasteiger partial charge in [0.15, 0.2) is 6.73 Å². The Morgan fingerprint density at radius 3 is 2.58 bits per heavy atom. The van der Waals surface area contributed by atoms with Crippen molar-refractivity contribution in [1.29, 1.82) is 0 Å². The quantitative estimate of drug-likeness (QED) is 0.431. The second-order valence-electron chi connectivity index (χ2n) is 2.04. The van der Waals surface area contributed by atoms with Crippen LogP contribution in [-0.4, -0.2) is 24.4 Å². The molecule has 12 heavy (non-hydrogen) atoms. The molecular formula is C4H6N4O4. The molecule has 0 atom stereocenters. The summed E-state index contributed by atoms with van der Waals surface area (Å²) in [5.41, 5.74) is -0.718. The SMILES string of the molecule is Cn1c([N+](=O)[O-])nn(CO)c1=O. The largest absolute Gasteiger partial charge is 0.459 e. The van der Waals surface area contributed by atoms with Crippen LogP contribution in [0.2, 0.25) is 0 Å². The highest BCUT2D eigenvalue weighted by Gasteiger charge is 2.20. The van der Waals surface area contributed by atoms with Crippen molar-refractivity contribution in [2.45, 2.75) is 6.73 Å². The molecule has 1 N–H and O–H groups in total.